The summed E-state index contributed by atoms with van der Waals surface area (Å²) >= 11 is 12.2. The van der Waals surface area contributed by atoms with Crippen molar-refractivity contribution < 1.29 is 4.74 Å². The highest BCUT2D eigenvalue weighted by Gasteiger charge is 2.08. The van der Waals surface area contributed by atoms with Crippen LogP contribution in [0.25, 0.3) is 0 Å². The van der Waals surface area contributed by atoms with Gasteiger partial charge in [-0.1, -0.05) is 77.8 Å². The van der Waals surface area contributed by atoms with Gasteiger partial charge in [-0.05, 0) is 43.5 Å². The maximum atomic E-state index is 6.25. The van der Waals surface area contributed by atoms with Gasteiger partial charge >= 0.3 is 0 Å². The molecule has 0 heterocycles. The lowest BCUT2D eigenvalue weighted by atomic mass is 10.1. The fraction of sp³-hybridized carbons (Fsp3) is 0.250. The molecule has 0 unspecified atom stereocenters. The number of benzene rings is 3. The molecule has 4 heteroatoms. The first kappa shape index (κ1) is 20.7. The molecular weight excluding hydrogens is 389 g/mol. The predicted octanol–water partition coefficient (Wildman–Crippen LogP) is 6.68. The Hall–Kier alpha value is -2.00. The van der Waals surface area contributed by atoms with Crippen LogP contribution in [0.3, 0.4) is 0 Å². The number of para-hydroxylation sites is 1. The van der Waals surface area contributed by atoms with Crippen molar-refractivity contribution in [3.8, 4) is 5.75 Å². The molecule has 28 heavy (non-hydrogen) atoms. The van der Waals surface area contributed by atoms with Crippen LogP contribution in [0, 0.1) is 0 Å². The normalized spacial score (nSPS) is 12.0. The minimum absolute atomic E-state index is 0.413. The van der Waals surface area contributed by atoms with E-state index in [0.717, 1.165) is 36.3 Å². The second-order valence-electron chi connectivity index (χ2n) is 6.94. The zero-order chi connectivity index (χ0) is 19.8. The minimum Gasteiger partial charge on any atom is -0.489 e. The average molecular weight is 414 g/mol. The van der Waals surface area contributed by atoms with Gasteiger partial charge in [0.15, 0.2) is 0 Å². The standard InChI is InChI=1S/C24H25Cl2NO/c1-18(11-12-19-7-3-2-4-8-19)27-16-20-9-5-6-10-24(20)28-17-21-13-14-22(25)15-23(21)26/h2-10,13-15,18,27H,11-12,16-17H2,1H3/t18-/m1/s1. The quantitative estimate of drug-likeness (QED) is 0.422. The van der Waals surface area contributed by atoms with Crippen molar-refractivity contribution in [1.29, 1.82) is 0 Å². The predicted molar refractivity (Wildman–Crippen MR) is 118 cm³/mol. The number of hydrogen-bond donors (Lipinski definition) is 1. The van der Waals surface area contributed by atoms with E-state index in [4.69, 9.17) is 27.9 Å². The van der Waals surface area contributed by atoms with E-state index in [2.05, 4.69) is 48.6 Å². The third kappa shape index (κ3) is 6.27. The van der Waals surface area contributed by atoms with Gasteiger partial charge in [0, 0.05) is 33.8 Å². The monoisotopic (exact) mass is 413 g/mol. The highest BCUT2D eigenvalue weighted by atomic mass is 35.5. The third-order valence-corrected chi connectivity index (χ3v) is 5.31. The van der Waals surface area contributed by atoms with Gasteiger partial charge in [-0.15, -0.1) is 0 Å². The summed E-state index contributed by atoms with van der Waals surface area (Å²) in [5.41, 5.74) is 3.43. The first-order chi connectivity index (χ1) is 13.6. The van der Waals surface area contributed by atoms with Crippen molar-refractivity contribution in [1.82, 2.24) is 5.32 Å². The number of halogens is 2. The molecule has 3 aromatic rings. The Balaban J connectivity index is 1.53. The summed E-state index contributed by atoms with van der Waals surface area (Å²) in [6.07, 6.45) is 2.16. The second-order valence-corrected chi connectivity index (χ2v) is 7.78. The molecule has 0 aliphatic rings. The molecule has 0 radical (unpaired) electrons. The smallest absolute Gasteiger partial charge is 0.124 e. The maximum absolute atomic E-state index is 6.25. The van der Waals surface area contributed by atoms with E-state index in [0.29, 0.717) is 22.7 Å². The van der Waals surface area contributed by atoms with Crippen LogP contribution in [0.15, 0.2) is 72.8 Å². The van der Waals surface area contributed by atoms with Crippen LogP contribution in [0.2, 0.25) is 10.0 Å². The molecule has 0 aliphatic heterocycles. The molecular formula is C24H25Cl2NO. The molecule has 0 saturated heterocycles. The van der Waals surface area contributed by atoms with E-state index in [1.807, 2.05) is 30.3 Å². The van der Waals surface area contributed by atoms with E-state index in [1.54, 1.807) is 6.07 Å². The summed E-state index contributed by atoms with van der Waals surface area (Å²) in [5, 5.41) is 4.85. The molecule has 3 aromatic carbocycles. The van der Waals surface area contributed by atoms with Gasteiger partial charge in [-0.3, -0.25) is 0 Å². The van der Waals surface area contributed by atoms with Crippen LogP contribution >= 0.6 is 23.2 Å². The van der Waals surface area contributed by atoms with Crippen molar-refractivity contribution in [2.75, 3.05) is 0 Å². The molecule has 0 bridgehead atoms. The molecule has 0 amide bonds. The molecule has 1 atom stereocenters. The molecule has 0 aromatic heterocycles. The van der Waals surface area contributed by atoms with E-state index in [9.17, 15) is 0 Å². The van der Waals surface area contributed by atoms with Crippen molar-refractivity contribution in [2.24, 2.45) is 0 Å². The zero-order valence-electron chi connectivity index (χ0n) is 16.0. The number of hydrogen-bond acceptors (Lipinski definition) is 2. The van der Waals surface area contributed by atoms with Gasteiger partial charge in [-0.25, -0.2) is 0 Å². The number of ether oxygens (including phenoxy) is 1. The van der Waals surface area contributed by atoms with E-state index in [-0.39, 0.29) is 0 Å². The van der Waals surface area contributed by atoms with Crippen LogP contribution in [0.4, 0.5) is 0 Å². The largest absolute Gasteiger partial charge is 0.489 e. The van der Waals surface area contributed by atoms with Crippen molar-refractivity contribution in [3.05, 3.63) is 99.5 Å². The molecule has 0 spiro atoms. The Labute approximate surface area is 177 Å². The molecule has 3 rings (SSSR count). The summed E-state index contributed by atoms with van der Waals surface area (Å²) in [5.74, 6) is 0.872. The fourth-order valence-electron chi connectivity index (χ4n) is 3.00. The van der Waals surface area contributed by atoms with Crippen LogP contribution < -0.4 is 10.1 Å². The Morgan fingerprint density at radius 3 is 2.43 bits per heavy atom. The van der Waals surface area contributed by atoms with Crippen LogP contribution in [-0.2, 0) is 19.6 Å². The SMILES string of the molecule is C[C@H](CCc1ccccc1)NCc1ccccc1OCc1ccc(Cl)cc1Cl. The molecule has 0 fully saturated rings. The van der Waals surface area contributed by atoms with Crippen molar-refractivity contribution >= 4 is 23.2 Å². The van der Waals surface area contributed by atoms with Crippen molar-refractivity contribution in [2.45, 2.75) is 39.0 Å². The maximum Gasteiger partial charge on any atom is 0.124 e. The summed E-state index contributed by atoms with van der Waals surface area (Å²) in [6, 6.07) is 24.6. The fourth-order valence-corrected chi connectivity index (χ4v) is 3.46. The Morgan fingerprint density at radius 1 is 0.893 bits per heavy atom. The lowest BCUT2D eigenvalue weighted by Crippen LogP contribution is -2.26. The third-order valence-electron chi connectivity index (χ3n) is 4.72. The summed E-state index contributed by atoms with van der Waals surface area (Å²) < 4.78 is 6.04. The van der Waals surface area contributed by atoms with Crippen LogP contribution in [-0.4, -0.2) is 6.04 Å². The average Bonchev–Trinajstić information content (AvgIpc) is 2.71. The first-order valence-electron chi connectivity index (χ1n) is 9.54. The second kappa shape index (κ2) is 10.5. The Bertz CT molecular complexity index is 883. The van der Waals surface area contributed by atoms with E-state index in [1.165, 1.54) is 5.56 Å². The number of rotatable bonds is 9. The van der Waals surface area contributed by atoms with Gasteiger partial charge in [0.25, 0.3) is 0 Å². The number of nitrogens with one attached hydrogen (secondary N) is 1. The molecule has 0 aliphatic carbocycles. The summed E-state index contributed by atoms with van der Waals surface area (Å²) in [6.45, 7) is 3.40. The number of aryl methyl sites for hydroxylation is 1. The molecule has 146 valence electrons. The Kier molecular flexibility index (Phi) is 7.79. The zero-order valence-corrected chi connectivity index (χ0v) is 17.5. The minimum atomic E-state index is 0.413. The summed E-state index contributed by atoms with van der Waals surface area (Å²) in [7, 11) is 0. The van der Waals surface area contributed by atoms with Crippen molar-refractivity contribution in [3.63, 3.8) is 0 Å². The lowest BCUT2D eigenvalue weighted by Gasteiger charge is -2.16. The molecule has 2 nitrogen and oxygen atoms in total. The van der Waals surface area contributed by atoms with Gasteiger partial charge < -0.3 is 10.1 Å². The van der Waals surface area contributed by atoms with Gasteiger partial charge in [0.05, 0.1) is 0 Å². The van der Waals surface area contributed by atoms with Crippen LogP contribution in [0.1, 0.15) is 30.0 Å². The van der Waals surface area contributed by atoms with E-state index >= 15 is 0 Å². The first-order valence-corrected chi connectivity index (χ1v) is 10.3. The molecule has 1 N–H and O–H groups in total. The lowest BCUT2D eigenvalue weighted by molar-refractivity contribution is 0.301. The van der Waals surface area contributed by atoms with Gasteiger partial charge in [0.2, 0.25) is 0 Å². The summed E-state index contributed by atoms with van der Waals surface area (Å²) in [4.78, 5) is 0. The van der Waals surface area contributed by atoms with Crippen LogP contribution in [0.5, 0.6) is 5.75 Å². The van der Waals surface area contributed by atoms with Gasteiger partial charge in [-0.2, -0.15) is 0 Å². The Morgan fingerprint density at radius 2 is 1.64 bits per heavy atom. The van der Waals surface area contributed by atoms with E-state index < -0.39 is 0 Å². The topological polar surface area (TPSA) is 21.3 Å². The van der Waals surface area contributed by atoms with Gasteiger partial charge in [0.1, 0.15) is 12.4 Å². The molecule has 0 saturated carbocycles. The highest BCUT2D eigenvalue weighted by molar-refractivity contribution is 6.35. The highest BCUT2D eigenvalue weighted by Crippen LogP contribution is 2.24.